The molecule has 0 saturated carbocycles. The SMILES string of the molecule is C=CC(=O)OC/C(C=C)=C/C[C@@H](O[Si](CC)(CC)CC)C(Cl)(Cl)Cl. The van der Waals surface area contributed by atoms with Gasteiger partial charge in [-0.1, -0.05) is 80.9 Å². The second-order valence-corrected chi connectivity index (χ2v) is 12.5. The molecule has 0 rings (SSSR count). The maximum atomic E-state index is 11.1. The Bertz CT molecular complexity index is 446. The summed E-state index contributed by atoms with van der Waals surface area (Å²) in [5.41, 5.74) is 0.727. The highest BCUT2D eigenvalue weighted by atomic mass is 35.6. The molecule has 0 unspecified atom stereocenters. The van der Waals surface area contributed by atoms with E-state index in [1.807, 2.05) is 6.08 Å². The van der Waals surface area contributed by atoms with E-state index in [9.17, 15) is 4.79 Å². The van der Waals surface area contributed by atoms with Gasteiger partial charge in [0.15, 0.2) is 8.32 Å². The van der Waals surface area contributed by atoms with E-state index in [2.05, 4.69) is 33.9 Å². The molecule has 0 aliphatic rings. The summed E-state index contributed by atoms with van der Waals surface area (Å²) in [7, 11) is -1.92. The highest BCUT2D eigenvalue weighted by Crippen LogP contribution is 2.38. The van der Waals surface area contributed by atoms with Crippen molar-refractivity contribution in [3.8, 4) is 0 Å². The first-order valence-corrected chi connectivity index (χ1v) is 11.7. The monoisotopic (exact) mass is 412 g/mol. The zero-order chi connectivity index (χ0) is 18.8. The van der Waals surface area contributed by atoms with E-state index < -0.39 is 24.2 Å². The van der Waals surface area contributed by atoms with E-state index in [-0.39, 0.29) is 6.61 Å². The molecule has 0 spiro atoms. The van der Waals surface area contributed by atoms with Gasteiger partial charge >= 0.3 is 5.97 Å². The average molecular weight is 414 g/mol. The third-order valence-corrected chi connectivity index (χ3v) is 9.48. The van der Waals surface area contributed by atoms with Crippen molar-refractivity contribution in [1.82, 2.24) is 0 Å². The van der Waals surface area contributed by atoms with Gasteiger partial charge in [0.2, 0.25) is 3.79 Å². The van der Waals surface area contributed by atoms with Crippen molar-refractivity contribution in [1.29, 1.82) is 0 Å². The van der Waals surface area contributed by atoms with Crippen molar-refractivity contribution in [2.24, 2.45) is 0 Å². The number of esters is 1. The number of carbonyl (C=O) groups is 1. The smallest absolute Gasteiger partial charge is 0.330 e. The maximum absolute atomic E-state index is 11.1. The lowest BCUT2D eigenvalue weighted by atomic mass is 10.2. The van der Waals surface area contributed by atoms with Gasteiger partial charge in [-0.3, -0.25) is 0 Å². The summed E-state index contributed by atoms with van der Waals surface area (Å²) in [4.78, 5) is 11.1. The van der Waals surface area contributed by atoms with Crippen LogP contribution in [0, 0.1) is 0 Å². The average Bonchev–Trinajstić information content (AvgIpc) is 2.56. The predicted molar refractivity (Wildman–Crippen MR) is 106 cm³/mol. The normalized spacial score (nSPS) is 14.2. The molecule has 0 bridgehead atoms. The number of rotatable bonds is 11. The molecular weight excluding hydrogens is 387 g/mol. The van der Waals surface area contributed by atoms with Crippen LogP contribution in [0.15, 0.2) is 37.0 Å². The highest BCUT2D eigenvalue weighted by molar-refractivity contribution is 6.74. The zero-order valence-corrected chi connectivity index (χ0v) is 17.9. The lowest BCUT2D eigenvalue weighted by Gasteiger charge is -2.36. The first kappa shape index (κ1) is 23.7. The molecule has 0 fully saturated rings. The minimum atomic E-state index is -1.92. The van der Waals surface area contributed by atoms with Gasteiger partial charge in [-0.05, 0) is 30.1 Å². The minimum absolute atomic E-state index is 0.0961. The van der Waals surface area contributed by atoms with Gasteiger partial charge < -0.3 is 9.16 Å². The second kappa shape index (κ2) is 11.4. The van der Waals surface area contributed by atoms with Crippen LogP contribution >= 0.6 is 34.8 Å². The third kappa shape index (κ3) is 8.21. The van der Waals surface area contributed by atoms with Crippen molar-refractivity contribution < 1.29 is 14.0 Å². The van der Waals surface area contributed by atoms with E-state index in [0.717, 1.165) is 29.8 Å². The predicted octanol–water partition coefficient (Wildman–Crippen LogP) is 5.98. The molecule has 0 saturated heterocycles. The quantitative estimate of drug-likeness (QED) is 0.137. The molecule has 0 aliphatic carbocycles. The van der Waals surface area contributed by atoms with Crippen LogP contribution in [0.2, 0.25) is 18.1 Å². The number of hydrogen-bond donors (Lipinski definition) is 0. The third-order valence-electron chi connectivity index (χ3n) is 4.09. The van der Waals surface area contributed by atoms with Gasteiger partial charge in [-0.15, -0.1) is 0 Å². The van der Waals surface area contributed by atoms with Crippen LogP contribution in [0.1, 0.15) is 27.2 Å². The van der Waals surface area contributed by atoms with Crippen LogP contribution in [0.25, 0.3) is 0 Å². The van der Waals surface area contributed by atoms with Crippen LogP contribution in [0.4, 0.5) is 0 Å². The summed E-state index contributed by atoms with van der Waals surface area (Å²) in [5.74, 6) is -0.494. The molecule has 0 amide bonds. The van der Waals surface area contributed by atoms with Crippen molar-refractivity contribution in [2.75, 3.05) is 6.61 Å². The number of alkyl halides is 3. The molecule has 7 heteroatoms. The molecular formula is C17H27Cl3O3Si. The first-order valence-electron chi connectivity index (χ1n) is 8.03. The van der Waals surface area contributed by atoms with Crippen LogP contribution in [-0.4, -0.2) is 30.8 Å². The summed E-state index contributed by atoms with van der Waals surface area (Å²) in [6.45, 7) is 13.5. The summed E-state index contributed by atoms with van der Waals surface area (Å²) in [6, 6.07) is 2.89. The van der Waals surface area contributed by atoms with Gasteiger partial charge in [0.25, 0.3) is 0 Å². The molecule has 0 aromatic carbocycles. The molecule has 0 aromatic heterocycles. The molecule has 0 heterocycles. The largest absolute Gasteiger partial charge is 0.458 e. The molecule has 0 N–H and O–H groups in total. The first-order chi connectivity index (χ1) is 11.2. The fraction of sp³-hybridized carbons (Fsp3) is 0.588. The molecule has 3 nitrogen and oxygen atoms in total. The van der Waals surface area contributed by atoms with Gasteiger partial charge in [0.05, 0.1) is 6.10 Å². The Hall–Kier alpha value is -0.263. The molecule has 1 atom stereocenters. The number of halogens is 3. The standard InChI is InChI=1S/C17H27Cl3O3Si/c1-6-14(13-22-16(21)7-2)11-12-15(17(18,19)20)23-24(8-3,9-4)10-5/h6-7,11,15H,1-2,8-10,12-13H2,3-5H3/b14-11+/t15-/m1/s1. The van der Waals surface area contributed by atoms with E-state index in [1.165, 1.54) is 0 Å². The van der Waals surface area contributed by atoms with Crippen molar-refractivity contribution in [3.05, 3.63) is 37.0 Å². The van der Waals surface area contributed by atoms with Crippen LogP contribution < -0.4 is 0 Å². The summed E-state index contributed by atoms with van der Waals surface area (Å²) in [6.07, 6.45) is 4.39. The Balaban J connectivity index is 5.14. The van der Waals surface area contributed by atoms with Crippen LogP contribution in [0.5, 0.6) is 0 Å². The molecule has 0 aromatic rings. The topological polar surface area (TPSA) is 35.5 Å². The fourth-order valence-corrected chi connectivity index (χ4v) is 5.72. The Morgan fingerprint density at radius 3 is 2.04 bits per heavy atom. The van der Waals surface area contributed by atoms with Gasteiger partial charge in [-0.2, -0.15) is 0 Å². The van der Waals surface area contributed by atoms with E-state index in [0.29, 0.717) is 6.42 Å². The van der Waals surface area contributed by atoms with E-state index in [4.69, 9.17) is 44.0 Å². The zero-order valence-electron chi connectivity index (χ0n) is 14.6. The lowest BCUT2D eigenvalue weighted by molar-refractivity contribution is -0.136. The van der Waals surface area contributed by atoms with Gasteiger partial charge in [0, 0.05) is 6.08 Å². The van der Waals surface area contributed by atoms with Gasteiger partial charge in [-0.25, -0.2) is 4.79 Å². The lowest BCUT2D eigenvalue weighted by Crippen LogP contribution is -2.44. The minimum Gasteiger partial charge on any atom is -0.458 e. The molecule has 0 radical (unpaired) electrons. The summed E-state index contributed by atoms with van der Waals surface area (Å²) >= 11 is 18.4. The van der Waals surface area contributed by atoms with Gasteiger partial charge in [0.1, 0.15) is 6.61 Å². The molecule has 0 aliphatic heterocycles. The molecule has 138 valence electrons. The van der Waals surface area contributed by atoms with Crippen molar-refractivity contribution in [3.63, 3.8) is 0 Å². The van der Waals surface area contributed by atoms with Crippen LogP contribution in [-0.2, 0) is 14.0 Å². The summed E-state index contributed by atoms with van der Waals surface area (Å²) in [5, 5.41) is 0. The van der Waals surface area contributed by atoms with E-state index in [1.54, 1.807) is 6.08 Å². The highest BCUT2D eigenvalue weighted by Gasteiger charge is 2.40. The van der Waals surface area contributed by atoms with Crippen molar-refractivity contribution in [2.45, 2.75) is 55.2 Å². The Labute approximate surface area is 161 Å². The number of ether oxygens (including phenoxy) is 1. The Morgan fingerprint density at radius 1 is 1.12 bits per heavy atom. The number of hydrogen-bond acceptors (Lipinski definition) is 3. The summed E-state index contributed by atoms with van der Waals surface area (Å²) < 4.78 is 9.80. The maximum Gasteiger partial charge on any atom is 0.330 e. The number of carbonyl (C=O) groups excluding carboxylic acids is 1. The fourth-order valence-electron chi connectivity index (χ4n) is 2.22. The Morgan fingerprint density at radius 2 is 1.67 bits per heavy atom. The molecule has 24 heavy (non-hydrogen) atoms. The van der Waals surface area contributed by atoms with Crippen LogP contribution in [0.3, 0.4) is 0 Å². The second-order valence-electron chi connectivity index (χ2n) is 5.42. The Kier molecular flexibility index (Phi) is 11.2. The van der Waals surface area contributed by atoms with Crippen molar-refractivity contribution >= 4 is 49.1 Å². The van der Waals surface area contributed by atoms with E-state index >= 15 is 0 Å².